The Morgan fingerprint density at radius 1 is 1.00 bits per heavy atom. The molecule has 28 heavy (non-hydrogen) atoms. The van der Waals surface area contributed by atoms with Crippen LogP contribution in [0.4, 0.5) is 0 Å². The standard InChI is InChI=1S/C25H28N2O/c1-15-12-21-20-4-2-3-5-22(20)26-24(21)25(17-7-9-19(28)10-8-17)27(15)23-11-6-16-13-18(23)14-16/h2-5,7-10,15-16,18,23,25-26,28H,6,11-14H2,1H3/t15-,16?,18?,23-,25-/m1/s1. The second-order valence-corrected chi connectivity index (χ2v) is 9.30. The lowest BCUT2D eigenvalue weighted by molar-refractivity contribution is -0.0356. The minimum Gasteiger partial charge on any atom is -0.508 e. The van der Waals surface area contributed by atoms with Crippen molar-refractivity contribution in [1.82, 2.24) is 9.88 Å². The van der Waals surface area contributed by atoms with Gasteiger partial charge in [-0.15, -0.1) is 0 Å². The molecule has 1 aliphatic heterocycles. The number of aromatic hydroxyl groups is 1. The number of benzene rings is 2. The summed E-state index contributed by atoms with van der Waals surface area (Å²) in [6.45, 7) is 2.42. The first-order chi connectivity index (χ1) is 13.7. The second kappa shape index (κ2) is 6.12. The van der Waals surface area contributed by atoms with E-state index >= 15 is 0 Å². The van der Waals surface area contributed by atoms with Gasteiger partial charge in [0.25, 0.3) is 0 Å². The van der Waals surface area contributed by atoms with E-state index in [2.05, 4.69) is 53.2 Å². The molecule has 7 rings (SSSR count). The van der Waals surface area contributed by atoms with Crippen molar-refractivity contribution < 1.29 is 5.11 Å². The minimum atomic E-state index is 0.244. The summed E-state index contributed by atoms with van der Waals surface area (Å²) in [5.41, 5.74) is 5.39. The molecule has 1 aromatic heterocycles. The Bertz CT molecular complexity index is 1010. The predicted molar refractivity (Wildman–Crippen MR) is 112 cm³/mol. The van der Waals surface area contributed by atoms with Gasteiger partial charge in [0.2, 0.25) is 0 Å². The third-order valence-electron chi connectivity index (χ3n) is 7.71. The van der Waals surface area contributed by atoms with E-state index in [1.165, 1.54) is 53.4 Å². The molecule has 3 aliphatic carbocycles. The molecule has 4 aliphatic rings. The summed E-state index contributed by atoms with van der Waals surface area (Å²) in [5, 5.41) is 11.2. The average molecular weight is 373 g/mol. The number of H-pyrrole nitrogens is 1. The number of nitrogens with one attached hydrogen (secondary N) is 1. The van der Waals surface area contributed by atoms with Crippen LogP contribution in [0.5, 0.6) is 5.75 Å². The summed E-state index contributed by atoms with van der Waals surface area (Å²) in [5.74, 6) is 2.21. The molecule has 2 bridgehead atoms. The number of aromatic amines is 1. The smallest absolute Gasteiger partial charge is 0.115 e. The summed E-state index contributed by atoms with van der Waals surface area (Å²) in [7, 11) is 0. The van der Waals surface area contributed by atoms with E-state index in [0.717, 1.165) is 18.3 Å². The number of phenols is 1. The normalized spacial score (nSPS) is 32.1. The monoisotopic (exact) mass is 372 g/mol. The number of para-hydroxylation sites is 1. The summed E-state index contributed by atoms with van der Waals surface area (Å²) in [6, 6.07) is 18.1. The third kappa shape index (κ3) is 2.39. The fourth-order valence-electron chi connectivity index (χ4n) is 6.36. The van der Waals surface area contributed by atoms with E-state index in [1.807, 2.05) is 12.1 Å². The number of rotatable bonds is 2. The number of hydrogen-bond acceptors (Lipinski definition) is 2. The van der Waals surface area contributed by atoms with E-state index in [9.17, 15) is 5.11 Å². The van der Waals surface area contributed by atoms with Crippen molar-refractivity contribution in [2.45, 2.75) is 57.2 Å². The van der Waals surface area contributed by atoms with Crippen LogP contribution in [-0.4, -0.2) is 27.1 Å². The zero-order valence-electron chi connectivity index (χ0n) is 16.4. The number of hydrogen-bond donors (Lipinski definition) is 2. The van der Waals surface area contributed by atoms with Gasteiger partial charge in [-0.25, -0.2) is 0 Å². The highest BCUT2D eigenvalue weighted by Crippen LogP contribution is 2.52. The third-order valence-corrected chi connectivity index (χ3v) is 7.71. The summed E-state index contributed by atoms with van der Waals surface area (Å²) in [6.07, 6.45) is 6.70. The van der Waals surface area contributed by atoms with Crippen LogP contribution in [0.2, 0.25) is 0 Å². The van der Waals surface area contributed by atoms with E-state index in [4.69, 9.17) is 0 Å². The summed E-state index contributed by atoms with van der Waals surface area (Å²) in [4.78, 5) is 6.62. The first kappa shape index (κ1) is 16.7. The molecule has 3 aromatic rings. The molecule has 3 nitrogen and oxygen atoms in total. The van der Waals surface area contributed by atoms with Crippen molar-refractivity contribution in [3.63, 3.8) is 0 Å². The fourth-order valence-corrected chi connectivity index (χ4v) is 6.36. The molecule has 0 radical (unpaired) electrons. The van der Waals surface area contributed by atoms with Crippen LogP contribution in [0.25, 0.3) is 10.9 Å². The number of nitrogens with zero attached hydrogens (tertiary/aromatic N) is 1. The van der Waals surface area contributed by atoms with Crippen molar-refractivity contribution >= 4 is 10.9 Å². The van der Waals surface area contributed by atoms with Crippen LogP contribution < -0.4 is 0 Å². The highest BCUT2D eigenvalue weighted by molar-refractivity contribution is 5.85. The SMILES string of the molecule is C[C@@H]1Cc2c([nH]c3ccccc23)[C@@H](c2ccc(O)cc2)N1[C@@H]1CCC2CC1C2. The number of aromatic nitrogens is 1. The Morgan fingerprint density at radius 3 is 2.54 bits per heavy atom. The zero-order chi connectivity index (χ0) is 18.8. The number of phenolic OH excluding ortho intramolecular Hbond substituents is 1. The summed E-state index contributed by atoms with van der Waals surface area (Å²) < 4.78 is 0. The molecule has 144 valence electrons. The average Bonchev–Trinajstić information content (AvgIpc) is 3.05. The Balaban J connectivity index is 1.52. The van der Waals surface area contributed by atoms with Gasteiger partial charge in [0.15, 0.2) is 0 Å². The van der Waals surface area contributed by atoms with Gasteiger partial charge in [0.1, 0.15) is 5.75 Å². The van der Waals surface area contributed by atoms with Gasteiger partial charge in [0.05, 0.1) is 6.04 Å². The van der Waals surface area contributed by atoms with Gasteiger partial charge in [-0.2, -0.15) is 0 Å². The lowest BCUT2D eigenvalue weighted by Crippen LogP contribution is -2.56. The molecule has 0 unspecified atom stereocenters. The molecule has 0 spiro atoms. The largest absolute Gasteiger partial charge is 0.508 e. The molecule has 2 aromatic carbocycles. The minimum absolute atomic E-state index is 0.244. The van der Waals surface area contributed by atoms with Crippen molar-refractivity contribution in [2.24, 2.45) is 11.8 Å². The maximum atomic E-state index is 9.86. The van der Waals surface area contributed by atoms with Gasteiger partial charge in [-0.1, -0.05) is 30.3 Å². The van der Waals surface area contributed by atoms with Crippen molar-refractivity contribution in [2.75, 3.05) is 0 Å². The Hall–Kier alpha value is -2.26. The molecule has 2 N–H and O–H groups in total. The Kier molecular flexibility index (Phi) is 3.64. The summed E-state index contributed by atoms with van der Waals surface area (Å²) >= 11 is 0. The quantitative estimate of drug-likeness (QED) is 0.632. The first-order valence-electron chi connectivity index (χ1n) is 10.8. The molecule has 3 heteroatoms. The lowest BCUT2D eigenvalue weighted by atomic mass is 9.61. The molecule has 0 amide bonds. The molecule has 3 atom stereocenters. The number of fused-ring (bicyclic) bond motifs is 5. The van der Waals surface area contributed by atoms with E-state index in [1.54, 1.807) is 0 Å². The highest BCUT2D eigenvalue weighted by atomic mass is 16.3. The van der Waals surface area contributed by atoms with Gasteiger partial charge >= 0.3 is 0 Å². The van der Waals surface area contributed by atoms with E-state index in [0.29, 0.717) is 17.8 Å². The molecular weight excluding hydrogens is 344 g/mol. The van der Waals surface area contributed by atoms with Crippen molar-refractivity contribution in [3.8, 4) is 5.75 Å². The lowest BCUT2D eigenvalue weighted by Gasteiger charge is -2.55. The Morgan fingerprint density at radius 2 is 1.79 bits per heavy atom. The van der Waals surface area contributed by atoms with Gasteiger partial charge in [-0.3, -0.25) is 4.90 Å². The predicted octanol–water partition coefficient (Wildman–Crippen LogP) is 5.40. The van der Waals surface area contributed by atoms with Gasteiger partial charge in [0, 0.05) is 28.7 Å². The maximum Gasteiger partial charge on any atom is 0.115 e. The van der Waals surface area contributed by atoms with Gasteiger partial charge < -0.3 is 10.1 Å². The van der Waals surface area contributed by atoms with Crippen molar-refractivity contribution in [1.29, 1.82) is 0 Å². The highest BCUT2D eigenvalue weighted by Gasteiger charge is 2.47. The molecule has 0 saturated heterocycles. The van der Waals surface area contributed by atoms with Crippen LogP contribution in [0.1, 0.15) is 55.5 Å². The fraction of sp³-hybridized carbons (Fsp3) is 0.440. The zero-order valence-corrected chi connectivity index (χ0v) is 16.4. The first-order valence-corrected chi connectivity index (χ1v) is 10.8. The van der Waals surface area contributed by atoms with Crippen molar-refractivity contribution in [3.05, 3.63) is 65.4 Å². The van der Waals surface area contributed by atoms with Gasteiger partial charge in [-0.05, 0) is 80.2 Å². The topological polar surface area (TPSA) is 39.3 Å². The molecule has 3 fully saturated rings. The Labute approximate surface area is 166 Å². The van der Waals surface area contributed by atoms with Crippen LogP contribution in [0.15, 0.2) is 48.5 Å². The van der Waals surface area contributed by atoms with Crippen LogP contribution >= 0.6 is 0 Å². The van der Waals surface area contributed by atoms with Crippen LogP contribution in [0.3, 0.4) is 0 Å². The maximum absolute atomic E-state index is 9.86. The molecular formula is C25H28N2O. The van der Waals surface area contributed by atoms with E-state index < -0.39 is 0 Å². The second-order valence-electron chi connectivity index (χ2n) is 9.30. The van der Waals surface area contributed by atoms with Crippen LogP contribution in [-0.2, 0) is 6.42 Å². The van der Waals surface area contributed by atoms with E-state index in [-0.39, 0.29) is 6.04 Å². The molecule has 3 saturated carbocycles. The van der Waals surface area contributed by atoms with Crippen LogP contribution in [0, 0.1) is 11.8 Å². The molecule has 2 heterocycles.